The molecule has 0 aromatic heterocycles. The topological polar surface area (TPSA) is 95.5 Å². The summed E-state index contributed by atoms with van der Waals surface area (Å²) in [6.07, 6.45) is 3.61. The van der Waals surface area contributed by atoms with Gasteiger partial charge in [0.1, 0.15) is 11.5 Å². The van der Waals surface area contributed by atoms with Crippen LogP contribution in [0.1, 0.15) is 32.6 Å². The molecule has 0 bridgehead atoms. The number of rotatable bonds is 5. The number of carbonyl (C=O) groups is 1. The summed E-state index contributed by atoms with van der Waals surface area (Å²) >= 11 is 0. The van der Waals surface area contributed by atoms with Crippen molar-refractivity contribution < 1.29 is 18.3 Å². The zero-order chi connectivity index (χ0) is 16.2. The molecule has 0 unspecified atom stereocenters. The zero-order valence-electron chi connectivity index (χ0n) is 12.6. The van der Waals surface area contributed by atoms with Crippen LogP contribution in [-0.2, 0) is 14.8 Å². The quantitative estimate of drug-likeness (QED) is 0.719. The van der Waals surface area contributed by atoms with Crippen molar-refractivity contribution in [1.82, 2.24) is 4.72 Å². The molecule has 1 amide bonds. The van der Waals surface area contributed by atoms with E-state index in [4.69, 9.17) is 0 Å². The van der Waals surface area contributed by atoms with Crippen molar-refractivity contribution in [1.29, 1.82) is 0 Å². The molecule has 2 rings (SSSR count). The van der Waals surface area contributed by atoms with E-state index in [-0.39, 0.29) is 17.5 Å². The highest BCUT2D eigenvalue weighted by atomic mass is 32.2. The summed E-state index contributed by atoms with van der Waals surface area (Å²) in [6, 6.07) is 6.11. The number of amides is 1. The highest BCUT2D eigenvalue weighted by molar-refractivity contribution is 7.90. The van der Waals surface area contributed by atoms with Gasteiger partial charge in [0.15, 0.2) is 0 Å². The molecule has 1 fully saturated rings. The van der Waals surface area contributed by atoms with Crippen LogP contribution >= 0.6 is 0 Å². The van der Waals surface area contributed by atoms with E-state index in [2.05, 4.69) is 17.0 Å². The minimum absolute atomic E-state index is 0.0841. The fraction of sp³-hybridized carbons (Fsp3) is 0.533. The number of phenolic OH excluding ortho intramolecular Hbond substituents is 1. The Morgan fingerprint density at radius 3 is 2.50 bits per heavy atom. The lowest BCUT2D eigenvalue weighted by Crippen LogP contribution is -2.41. The van der Waals surface area contributed by atoms with Crippen molar-refractivity contribution in [3.8, 4) is 5.75 Å². The van der Waals surface area contributed by atoms with Crippen LogP contribution in [0.5, 0.6) is 5.75 Å². The summed E-state index contributed by atoms with van der Waals surface area (Å²) in [6.45, 7) is 2.16. The number of hydrogen-bond donors (Lipinski definition) is 3. The monoisotopic (exact) mass is 326 g/mol. The Morgan fingerprint density at radius 1 is 1.23 bits per heavy atom. The number of benzene rings is 1. The molecule has 22 heavy (non-hydrogen) atoms. The van der Waals surface area contributed by atoms with Crippen molar-refractivity contribution in [3.05, 3.63) is 24.3 Å². The molecule has 1 aliphatic rings. The summed E-state index contributed by atoms with van der Waals surface area (Å²) in [7, 11) is -3.67. The first-order valence-electron chi connectivity index (χ1n) is 7.43. The van der Waals surface area contributed by atoms with Crippen LogP contribution in [0, 0.1) is 5.92 Å². The number of anilines is 1. The molecular formula is C15H22N2O4S. The second-order valence-corrected chi connectivity index (χ2v) is 7.65. The summed E-state index contributed by atoms with van der Waals surface area (Å²) < 4.78 is 26.7. The van der Waals surface area contributed by atoms with E-state index in [1.54, 1.807) is 12.1 Å². The average Bonchev–Trinajstić information content (AvgIpc) is 2.43. The van der Waals surface area contributed by atoms with Crippen molar-refractivity contribution in [2.45, 2.75) is 38.6 Å². The number of sulfonamides is 1. The van der Waals surface area contributed by atoms with Crippen LogP contribution in [0.2, 0.25) is 0 Å². The molecule has 0 heterocycles. The number of hydrogen-bond acceptors (Lipinski definition) is 4. The van der Waals surface area contributed by atoms with E-state index in [1.165, 1.54) is 12.1 Å². The molecule has 1 saturated carbocycles. The number of carbonyl (C=O) groups excluding carboxylic acids is 1. The number of aromatic hydroxyl groups is 1. The summed E-state index contributed by atoms with van der Waals surface area (Å²) in [4.78, 5) is 11.8. The maximum atomic E-state index is 12.0. The van der Waals surface area contributed by atoms with Crippen LogP contribution in [0.15, 0.2) is 24.3 Å². The van der Waals surface area contributed by atoms with Crippen LogP contribution < -0.4 is 10.0 Å². The third kappa shape index (κ3) is 4.99. The van der Waals surface area contributed by atoms with Gasteiger partial charge in [-0.2, -0.15) is 0 Å². The molecule has 6 nitrogen and oxygen atoms in total. The highest BCUT2D eigenvalue weighted by Crippen LogP contribution is 2.24. The van der Waals surface area contributed by atoms with Gasteiger partial charge in [-0.1, -0.05) is 19.1 Å². The lowest BCUT2D eigenvalue weighted by molar-refractivity contribution is -0.113. The number of nitrogens with one attached hydrogen (secondary N) is 2. The molecule has 0 spiro atoms. The summed E-state index contributed by atoms with van der Waals surface area (Å²) in [5.74, 6) is -0.779. The molecular weight excluding hydrogens is 304 g/mol. The van der Waals surface area contributed by atoms with E-state index in [0.717, 1.165) is 25.7 Å². The Labute approximate surface area is 131 Å². The predicted molar refractivity (Wildman–Crippen MR) is 85.1 cm³/mol. The van der Waals surface area contributed by atoms with E-state index in [9.17, 15) is 18.3 Å². The Hall–Kier alpha value is -1.60. The first-order valence-corrected chi connectivity index (χ1v) is 9.09. The molecule has 1 aromatic rings. The minimum Gasteiger partial charge on any atom is -0.506 e. The molecule has 0 saturated heterocycles. The largest absolute Gasteiger partial charge is 0.506 e. The fourth-order valence-corrected chi connectivity index (χ4v) is 3.86. The minimum atomic E-state index is -3.67. The standard InChI is InChI=1S/C15H22N2O4S/c1-11-6-8-12(9-7-11)17-22(20,21)10-15(19)16-13-4-2-3-5-14(13)18/h2-5,11-12,17-18H,6-10H2,1H3,(H,16,19). The van der Waals surface area contributed by atoms with Crippen molar-refractivity contribution in [3.63, 3.8) is 0 Å². The maximum absolute atomic E-state index is 12.0. The zero-order valence-corrected chi connectivity index (χ0v) is 13.4. The van der Waals surface area contributed by atoms with Gasteiger partial charge < -0.3 is 10.4 Å². The van der Waals surface area contributed by atoms with E-state index in [1.807, 2.05) is 0 Å². The molecule has 122 valence electrons. The highest BCUT2D eigenvalue weighted by Gasteiger charge is 2.24. The fourth-order valence-electron chi connectivity index (χ4n) is 2.61. The van der Waals surface area contributed by atoms with Crippen molar-refractivity contribution in [2.75, 3.05) is 11.1 Å². The van der Waals surface area contributed by atoms with Gasteiger partial charge in [0, 0.05) is 6.04 Å². The van der Waals surface area contributed by atoms with Gasteiger partial charge in [0.2, 0.25) is 15.9 Å². The van der Waals surface area contributed by atoms with Crippen LogP contribution in [0.4, 0.5) is 5.69 Å². The first kappa shape index (κ1) is 16.8. The number of phenols is 1. The predicted octanol–water partition coefficient (Wildman–Crippen LogP) is 1.83. The maximum Gasteiger partial charge on any atom is 0.241 e. The van der Waals surface area contributed by atoms with Crippen molar-refractivity contribution in [2.24, 2.45) is 5.92 Å². The Kier molecular flexibility index (Phi) is 5.42. The van der Waals surface area contributed by atoms with Gasteiger partial charge in [-0.3, -0.25) is 4.79 Å². The third-order valence-corrected chi connectivity index (χ3v) is 5.20. The Morgan fingerprint density at radius 2 is 1.86 bits per heavy atom. The second-order valence-electron chi connectivity index (χ2n) is 5.90. The average molecular weight is 326 g/mol. The van der Waals surface area contributed by atoms with E-state index in [0.29, 0.717) is 5.92 Å². The van der Waals surface area contributed by atoms with Crippen LogP contribution in [-0.4, -0.2) is 31.2 Å². The molecule has 7 heteroatoms. The molecule has 1 aromatic carbocycles. The van der Waals surface area contributed by atoms with Gasteiger partial charge in [-0.25, -0.2) is 13.1 Å². The van der Waals surface area contributed by atoms with Crippen molar-refractivity contribution >= 4 is 21.6 Å². The smallest absolute Gasteiger partial charge is 0.241 e. The summed E-state index contributed by atoms with van der Waals surface area (Å²) in [5, 5.41) is 12.0. The normalized spacial score (nSPS) is 22.2. The molecule has 3 N–H and O–H groups in total. The molecule has 0 atom stereocenters. The summed E-state index contributed by atoms with van der Waals surface area (Å²) in [5.41, 5.74) is 0.203. The Bertz CT molecular complexity index is 622. The molecule has 0 aliphatic heterocycles. The van der Waals surface area contributed by atoms with Gasteiger partial charge in [-0.15, -0.1) is 0 Å². The van der Waals surface area contributed by atoms with Gasteiger partial charge in [0.25, 0.3) is 0 Å². The van der Waals surface area contributed by atoms with Gasteiger partial charge >= 0.3 is 0 Å². The molecule has 1 aliphatic carbocycles. The second kappa shape index (κ2) is 7.11. The van der Waals surface area contributed by atoms with E-state index >= 15 is 0 Å². The lowest BCUT2D eigenvalue weighted by atomic mass is 9.88. The first-order chi connectivity index (χ1) is 10.4. The van der Waals surface area contributed by atoms with Crippen LogP contribution in [0.3, 0.4) is 0 Å². The van der Waals surface area contributed by atoms with E-state index < -0.39 is 21.7 Å². The lowest BCUT2D eigenvalue weighted by Gasteiger charge is -2.26. The van der Waals surface area contributed by atoms with Crippen LogP contribution in [0.25, 0.3) is 0 Å². The van der Waals surface area contributed by atoms with Gasteiger partial charge in [0.05, 0.1) is 5.69 Å². The SMILES string of the molecule is CC1CCC(NS(=O)(=O)CC(=O)Nc2ccccc2O)CC1. The third-order valence-electron chi connectivity index (χ3n) is 3.86. The Balaban J connectivity index is 1.88. The number of para-hydroxylation sites is 2. The van der Waals surface area contributed by atoms with Gasteiger partial charge in [-0.05, 0) is 43.7 Å². The molecule has 0 radical (unpaired) electrons.